The number of H-pyrrole nitrogens is 1. The maximum Gasteiger partial charge on any atom is 0.261 e. The van der Waals surface area contributed by atoms with Gasteiger partial charge in [0.05, 0.1) is 21.9 Å². The van der Waals surface area contributed by atoms with Gasteiger partial charge in [-0.2, -0.15) is 5.10 Å². The summed E-state index contributed by atoms with van der Waals surface area (Å²) in [6, 6.07) is 9.06. The lowest BCUT2D eigenvalue weighted by molar-refractivity contribution is 0.607. The highest BCUT2D eigenvalue weighted by molar-refractivity contribution is 8.14. The van der Waals surface area contributed by atoms with E-state index in [2.05, 4.69) is 15.2 Å². The second kappa shape index (κ2) is 7.81. The summed E-state index contributed by atoms with van der Waals surface area (Å²) in [5.41, 5.74) is 1.82. The van der Waals surface area contributed by atoms with Gasteiger partial charge in [0, 0.05) is 37.9 Å². The van der Waals surface area contributed by atoms with E-state index in [-0.39, 0.29) is 16.3 Å². The van der Waals surface area contributed by atoms with Crippen molar-refractivity contribution in [3.05, 3.63) is 52.7 Å². The number of aliphatic imine (C=N–C) groups is 1. The lowest BCUT2D eigenvalue weighted by atomic mass is 10.1. The Morgan fingerprint density at radius 3 is 2.32 bits per heavy atom. The highest BCUT2D eigenvalue weighted by Gasteiger charge is 2.23. The summed E-state index contributed by atoms with van der Waals surface area (Å²) in [7, 11) is 3.02. The average molecular weight is 501 g/mol. The van der Waals surface area contributed by atoms with Gasteiger partial charge in [-0.25, -0.2) is 16.8 Å². The normalized spacial score (nSPS) is 13.6. The Labute approximate surface area is 179 Å². The molecule has 148 valence electrons. The number of hydrogen-bond donors (Lipinski definition) is 1. The van der Waals surface area contributed by atoms with Crippen LogP contribution in [0.1, 0.15) is 11.1 Å². The zero-order valence-corrected chi connectivity index (χ0v) is 18.2. The Kier molecular flexibility index (Phi) is 5.96. The van der Waals surface area contributed by atoms with Gasteiger partial charge in [-0.3, -0.25) is 10.1 Å². The Morgan fingerprint density at radius 2 is 1.68 bits per heavy atom. The molecule has 1 N–H and O–H groups in total. The SMILES string of the molecule is O=S(=O)(Cl)c1ccc2n[nH]c(Cl)c2c1.O=S(=O)(Cl)c1cccc2c1CN=C2Cl. The Morgan fingerprint density at radius 1 is 0.964 bits per heavy atom. The third-order valence-corrected chi connectivity index (χ3v) is 7.12. The van der Waals surface area contributed by atoms with E-state index in [1.165, 1.54) is 24.3 Å². The van der Waals surface area contributed by atoms with Crippen LogP contribution in [0.25, 0.3) is 10.9 Å². The molecule has 2 heterocycles. The smallest absolute Gasteiger partial charge is 0.261 e. The van der Waals surface area contributed by atoms with E-state index in [9.17, 15) is 16.8 Å². The van der Waals surface area contributed by atoms with Crippen LogP contribution >= 0.6 is 44.6 Å². The van der Waals surface area contributed by atoms with Crippen molar-refractivity contribution in [2.45, 2.75) is 16.3 Å². The molecular weight excluding hydrogens is 492 g/mol. The van der Waals surface area contributed by atoms with Crippen LogP contribution in [-0.4, -0.2) is 32.2 Å². The van der Waals surface area contributed by atoms with E-state index >= 15 is 0 Å². The molecule has 2 aromatic carbocycles. The van der Waals surface area contributed by atoms with Gasteiger partial charge in [0.1, 0.15) is 10.3 Å². The minimum Gasteiger partial charge on any atom is -0.268 e. The molecule has 0 radical (unpaired) electrons. The maximum absolute atomic E-state index is 11.2. The predicted octanol–water partition coefficient (Wildman–Crippen LogP) is 4.26. The van der Waals surface area contributed by atoms with Crippen molar-refractivity contribution in [1.29, 1.82) is 0 Å². The van der Waals surface area contributed by atoms with Crippen molar-refractivity contribution >= 4 is 78.7 Å². The molecule has 0 fully saturated rings. The van der Waals surface area contributed by atoms with E-state index in [0.29, 0.717) is 32.4 Å². The fourth-order valence-corrected chi connectivity index (χ4v) is 4.84. The molecule has 1 aromatic heterocycles. The summed E-state index contributed by atoms with van der Waals surface area (Å²) in [6.45, 7) is 0.274. The van der Waals surface area contributed by atoms with Crippen LogP contribution in [0, 0.1) is 0 Å². The fourth-order valence-electron chi connectivity index (χ4n) is 2.49. The van der Waals surface area contributed by atoms with Gasteiger partial charge in [0.2, 0.25) is 0 Å². The van der Waals surface area contributed by atoms with Crippen LogP contribution in [-0.2, 0) is 24.6 Å². The molecule has 0 bridgehead atoms. The number of aromatic nitrogens is 2. The fraction of sp³-hybridized carbons (Fsp3) is 0.0667. The minimum absolute atomic E-state index is 0.00923. The highest BCUT2D eigenvalue weighted by atomic mass is 35.7. The number of halogens is 4. The first-order valence-electron chi connectivity index (χ1n) is 7.33. The van der Waals surface area contributed by atoms with Crippen molar-refractivity contribution in [2.75, 3.05) is 0 Å². The number of hydrogen-bond acceptors (Lipinski definition) is 6. The third-order valence-electron chi connectivity index (χ3n) is 3.75. The Hall–Kier alpha value is -1.36. The number of rotatable bonds is 2. The number of nitrogens with one attached hydrogen (secondary N) is 1. The molecule has 0 amide bonds. The zero-order valence-electron chi connectivity index (χ0n) is 13.5. The van der Waals surface area contributed by atoms with Crippen molar-refractivity contribution in [3.8, 4) is 0 Å². The number of nitrogens with zero attached hydrogens (tertiary/aromatic N) is 2. The molecule has 1 aliphatic rings. The molecule has 0 unspecified atom stereocenters. The molecule has 13 heteroatoms. The quantitative estimate of drug-likeness (QED) is 0.528. The third kappa shape index (κ3) is 4.45. The van der Waals surface area contributed by atoms with Gasteiger partial charge in [0.25, 0.3) is 18.1 Å². The topological polar surface area (TPSA) is 109 Å². The number of benzene rings is 2. The summed E-state index contributed by atoms with van der Waals surface area (Å²) in [4.78, 5) is 4.04. The Balaban J connectivity index is 0.000000161. The molecule has 3 aromatic rings. The van der Waals surface area contributed by atoms with Gasteiger partial charge in [-0.15, -0.1) is 0 Å². The molecule has 1 aliphatic heterocycles. The van der Waals surface area contributed by atoms with Crippen LogP contribution in [0.2, 0.25) is 5.15 Å². The molecule has 0 spiro atoms. The molecule has 0 aliphatic carbocycles. The summed E-state index contributed by atoms with van der Waals surface area (Å²) in [6.07, 6.45) is 0. The van der Waals surface area contributed by atoms with Crippen LogP contribution in [0.15, 0.2) is 51.2 Å². The standard InChI is InChI=1S/C8H5Cl2NO2S.C7H4Cl2N2O2S/c9-8-5-2-1-3-7(14(10,12)13)6(5)4-11-8;8-7-5-3-4(14(9,12)13)1-2-6(5)10-11-7/h1-3H,4H2;1-3H,(H,10,11). The lowest BCUT2D eigenvalue weighted by Gasteiger charge is -2.03. The van der Waals surface area contributed by atoms with Crippen molar-refractivity contribution in [1.82, 2.24) is 10.2 Å². The first kappa shape index (κ1) is 21.4. The first-order valence-corrected chi connectivity index (χ1v) is 12.7. The van der Waals surface area contributed by atoms with E-state index in [1.807, 2.05) is 0 Å². The van der Waals surface area contributed by atoms with Gasteiger partial charge < -0.3 is 0 Å². The van der Waals surface area contributed by atoms with E-state index < -0.39 is 18.1 Å². The molecule has 0 atom stereocenters. The van der Waals surface area contributed by atoms with Gasteiger partial charge in [-0.05, 0) is 24.3 Å². The summed E-state index contributed by atoms with van der Waals surface area (Å²) in [5, 5.41) is 7.54. The highest BCUT2D eigenvalue weighted by Crippen LogP contribution is 2.29. The van der Waals surface area contributed by atoms with Gasteiger partial charge in [0.15, 0.2) is 0 Å². The van der Waals surface area contributed by atoms with Crippen LogP contribution in [0.4, 0.5) is 0 Å². The van der Waals surface area contributed by atoms with E-state index in [4.69, 9.17) is 44.6 Å². The van der Waals surface area contributed by atoms with E-state index in [1.54, 1.807) is 12.1 Å². The Bertz CT molecular complexity index is 1320. The van der Waals surface area contributed by atoms with Gasteiger partial charge in [-0.1, -0.05) is 35.3 Å². The molecule has 28 heavy (non-hydrogen) atoms. The molecule has 7 nitrogen and oxygen atoms in total. The second-order valence-corrected chi connectivity index (χ2v) is 11.3. The minimum atomic E-state index is -3.72. The molecule has 4 rings (SSSR count). The van der Waals surface area contributed by atoms with Crippen LogP contribution in [0.3, 0.4) is 0 Å². The molecule has 0 saturated carbocycles. The summed E-state index contributed by atoms with van der Waals surface area (Å²) >= 11 is 11.5. The average Bonchev–Trinajstić information content (AvgIpc) is 3.17. The van der Waals surface area contributed by atoms with Crippen molar-refractivity contribution in [3.63, 3.8) is 0 Å². The molecular formula is C15H9Cl4N3O4S2. The van der Waals surface area contributed by atoms with E-state index in [0.717, 1.165) is 0 Å². The second-order valence-electron chi connectivity index (χ2n) is 5.48. The van der Waals surface area contributed by atoms with Gasteiger partial charge >= 0.3 is 0 Å². The first-order chi connectivity index (χ1) is 13.0. The maximum atomic E-state index is 11.2. The largest absolute Gasteiger partial charge is 0.268 e. The van der Waals surface area contributed by atoms with Crippen LogP contribution in [0.5, 0.6) is 0 Å². The predicted molar refractivity (Wildman–Crippen MR) is 110 cm³/mol. The lowest BCUT2D eigenvalue weighted by Crippen LogP contribution is -1.99. The van der Waals surface area contributed by atoms with Crippen molar-refractivity contribution in [2.24, 2.45) is 4.99 Å². The summed E-state index contributed by atoms with van der Waals surface area (Å²) in [5.74, 6) is 0. The molecule has 0 saturated heterocycles. The summed E-state index contributed by atoms with van der Waals surface area (Å²) < 4.78 is 44.3. The van der Waals surface area contributed by atoms with Crippen LogP contribution < -0.4 is 0 Å². The number of fused-ring (bicyclic) bond motifs is 2. The number of aromatic amines is 1. The zero-order chi connectivity index (χ0) is 20.7. The monoisotopic (exact) mass is 499 g/mol. The van der Waals surface area contributed by atoms with Crippen molar-refractivity contribution < 1.29 is 16.8 Å².